The van der Waals surface area contributed by atoms with Crippen LogP contribution in [0.25, 0.3) is 0 Å². The normalized spacial score (nSPS) is 55.1. The van der Waals surface area contributed by atoms with Crippen molar-refractivity contribution in [2.75, 3.05) is 0 Å². The summed E-state index contributed by atoms with van der Waals surface area (Å²) < 4.78 is 12.5. The van der Waals surface area contributed by atoms with Crippen LogP contribution in [0.4, 0.5) is 0 Å². The fourth-order valence-corrected chi connectivity index (χ4v) is 6.06. The first-order valence-electron chi connectivity index (χ1n) is 8.73. The van der Waals surface area contributed by atoms with Gasteiger partial charge in [-0.2, -0.15) is 0 Å². The molecule has 0 N–H and O–H groups in total. The van der Waals surface area contributed by atoms with Gasteiger partial charge < -0.3 is 9.47 Å². The average molecular weight is 342 g/mol. The largest absolute Gasteiger partial charge is 0.335 e. The van der Waals surface area contributed by atoms with Crippen LogP contribution >= 0.6 is 11.8 Å². The quantitative estimate of drug-likeness (QED) is 0.680. The monoisotopic (exact) mass is 342 g/mol. The van der Waals surface area contributed by atoms with E-state index in [0.29, 0.717) is 17.8 Å². The number of fused-ring (bicyclic) bond motifs is 2. The Morgan fingerprint density at radius 3 is 2.65 bits per heavy atom. The minimum atomic E-state index is -0.746. The van der Waals surface area contributed by atoms with Crippen molar-refractivity contribution in [3.05, 3.63) is 0 Å². The summed E-state index contributed by atoms with van der Waals surface area (Å²) in [7, 11) is 0. The third-order valence-electron chi connectivity index (χ3n) is 6.38. The lowest BCUT2D eigenvalue weighted by molar-refractivity contribution is -0.568. The molecule has 2 bridgehead atoms. The van der Waals surface area contributed by atoms with Crippen LogP contribution < -0.4 is 0 Å². The van der Waals surface area contributed by atoms with Crippen molar-refractivity contribution in [3.8, 4) is 0 Å². The lowest BCUT2D eigenvalue weighted by Gasteiger charge is -2.60. The highest BCUT2D eigenvalue weighted by atomic mass is 32.2. The van der Waals surface area contributed by atoms with Gasteiger partial charge in [0.05, 0.1) is 0 Å². The van der Waals surface area contributed by atoms with Crippen LogP contribution in [0, 0.1) is 23.7 Å². The van der Waals surface area contributed by atoms with E-state index in [2.05, 4.69) is 13.8 Å². The first kappa shape index (κ1) is 16.3. The number of thioether (sulfide) groups is 1. The third-order valence-corrected chi connectivity index (χ3v) is 7.48. The van der Waals surface area contributed by atoms with Gasteiger partial charge >= 0.3 is 0 Å². The summed E-state index contributed by atoms with van der Waals surface area (Å²) in [6.45, 7) is 7.99. The molecule has 6 heteroatoms. The molecule has 5 fully saturated rings. The molecule has 5 nitrogen and oxygen atoms in total. The first-order valence-corrected chi connectivity index (χ1v) is 9.61. The molecule has 23 heavy (non-hydrogen) atoms. The van der Waals surface area contributed by atoms with Crippen LogP contribution in [-0.2, 0) is 24.0 Å². The van der Waals surface area contributed by atoms with Gasteiger partial charge in [-0.1, -0.05) is 25.6 Å². The van der Waals surface area contributed by atoms with Gasteiger partial charge in [-0.05, 0) is 43.9 Å². The SMILES string of the molecule is CC(=O)S[C@H]1O[C@@H]2O[C@@]3(C)CC[C@H]4[C@H](C)CC[C@@H]([C@H]1C)[C@@]24OO3. The molecular formula is C17H26O5S. The zero-order valence-electron chi connectivity index (χ0n) is 14.2. The van der Waals surface area contributed by atoms with E-state index in [1.807, 2.05) is 6.92 Å². The molecule has 1 spiro atoms. The molecule has 0 amide bonds. The molecule has 1 aliphatic carbocycles. The molecule has 4 saturated heterocycles. The van der Waals surface area contributed by atoms with Crippen molar-refractivity contribution in [3.63, 3.8) is 0 Å². The Bertz CT molecular complexity index is 513. The summed E-state index contributed by atoms with van der Waals surface area (Å²) in [5.74, 6) is 0.714. The van der Waals surface area contributed by atoms with Gasteiger partial charge in [0.2, 0.25) is 5.79 Å². The first-order chi connectivity index (χ1) is 10.9. The maximum Gasteiger partial charge on any atom is 0.201 e. The Morgan fingerprint density at radius 2 is 1.91 bits per heavy atom. The molecule has 130 valence electrons. The number of rotatable bonds is 1. The lowest BCUT2D eigenvalue weighted by atomic mass is 9.58. The van der Waals surface area contributed by atoms with E-state index in [9.17, 15) is 4.79 Å². The highest BCUT2D eigenvalue weighted by Crippen LogP contribution is 2.61. The number of hydrogen-bond donors (Lipinski definition) is 0. The summed E-state index contributed by atoms with van der Waals surface area (Å²) in [5, 5.41) is 0.0840. The molecule has 0 aromatic heterocycles. The van der Waals surface area contributed by atoms with E-state index in [1.165, 1.54) is 18.2 Å². The van der Waals surface area contributed by atoms with Crippen molar-refractivity contribution in [2.24, 2.45) is 23.7 Å². The summed E-state index contributed by atoms with van der Waals surface area (Å²) in [4.78, 5) is 23.5. The van der Waals surface area contributed by atoms with Crippen molar-refractivity contribution in [2.45, 2.75) is 76.5 Å². The molecule has 8 atom stereocenters. The maximum absolute atomic E-state index is 11.6. The molecule has 0 aromatic carbocycles. The number of hydrogen-bond acceptors (Lipinski definition) is 6. The predicted molar refractivity (Wildman–Crippen MR) is 85.1 cm³/mol. The second-order valence-corrected chi connectivity index (χ2v) is 9.16. The number of carbonyl (C=O) groups is 1. The Balaban J connectivity index is 1.74. The maximum atomic E-state index is 11.6. The van der Waals surface area contributed by atoms with Crippen LogP contribution in [-0.4, -0.2) is 28.2 Å². The average Bonchev–Trinajstić information content (AvgIpc) is 2.70. The van der Waals surface area contributed by atoms with Crippen LogP contribution in [0.5, 0.6) is 0 Å². The predicted octanol–water partition coefficient (Wildman–Crippen LogP) is 3.47. The third kappa shape index (κ3) is 2.33. The summed E-state index contributed by atoms with van der Waals surface area (Å²) >= 11 is 1.28. The number of ether oxygens (including phenoxy) is 2. The Hall–Kier alpha value is -0.140. The van der Waals surface area contributed by atoms with E-state index in [-0.39, 0.29) is 16.5 Å². The van der Waals surface area contributed by atoms with E-state index < -0.39 is 17.7 Å². The van der Waals surface area contributed by atoms with Gasteiger partial charge in [0.15, 0.2) is 17.0 Å². The second-order valence-electron chi connectivity index (χ2n) is 7.88. The van der Waals surface area contributed by atoms with Crippen LogP contribution in [0.1, 0.15) is 53.4 Å². The second kappa shape index (κ2) is 5.43. The van der Waals surface area contributed by atoms with Crippen molar-refractivity contribution in [1.82, 2.24) is 0 Å². The smallest absolute Gasteiger partial charge is 0.201 e. The van der Waals surface area contributed by atoms with Gasteiger partial charge in [0.25, 0.3) is 0 Å². The van der Waals surface area contributed by atoms with E-state index in [1.54, 1.807) is 6.92 Å². The van der Waals surface area contributed by atoms with Crippen LogP contribution in [0.3, 0.4) is 0 Å². The molecular weight excluding hydrogens is 316 g/mol. The number of carbonyl (C=O) groups excluding carboxylic acids is 1. The topological polar surface area (TPSA) is 54.0 Å². The molecule has 1 saturated carbocycles. The van der Waals surface area contributed by atoms with Gasteiger partial charge in [-0.15, -0.1) is 0 Å². The fourth-order valence-electron chi connectivity index (χ4n) is 5.17. The minimum absolute atomic E-state index is 0.0840. The highest BCUT2D eigenvalue weighted by Gasteiger charge is 2.69. The molecule has 4 aliphatic heterocycles. The van der Waals surface area contributed by atoms with Crippen molar-refractivity contribution >= 4 is 16.9 Å². The van der Waals surface area contributed by atoms with Crippen LogP contribution in [0.2, 0.25) is 0 Å². The fraction of sp³-hybridized carbons (Fsp3) is 0.941. The van der Waals surface area contributed by atoms with E-state index >= 15 is 0 Å². The zero-order valence-corrected chi connectivity index (χ0v) is 15.1. The minimum Gasteiger partial charge on any atom is -0.335 e. The van der Waals surface area contributed by atoms with Gasteiger partial charge in [-0.3, -0.25) is 4.79 Å². The van der Waals surface area contributed by atoms with E-state index in [0.717, 1.165) is 19.3 Å². The van der Waals surface area contributed by atoms with E-state index in [4.69, 9.17) is 19.2 Å². The lowest BCUT2D eigenvalue weighted by Crippen LogP contribution is -2.70. The van der Waals surface area contributed by atoms with Crippen molar-refractivity contribution in [1.29, 1.82) is 0 Å². The summed E-state index contributed by atoms with van der Waals surface area (Å²) in [6.07, 6.45) is 3.65. The Morgan fingerprint density at radius 1 is 1.13 bits per heavy atom. The van der Waals surface area contributed by atoms with Gasteiger partial charge in [0.1, 0.15) is 5.44 Å². The highest BCUT2D eigenvalue weighted by molar-refractivity contribution is 8.14. The molecule has 5 rings (SSSR count). The Labute approximate surface area is 141 Å². The van der Waals surface area contributed by atoms with Crippen molar-refractivity contribution < 1.29 is 24.0 Å². The molecule has 0 aromatic rings. The molecule has 0 radical (unpaired) electrons. The van der Waals surface area contributed by atoms with Crippen LogP contribution in [0.15, 0.2) is 0 Å². The Kier molecular flexibility index (Phi) is 3.86. The van der Waals surface area contributed by atoms with Gasteiger partial charge in [-0.25, -0.2) is 9.78 Å². The zero-order chi connectivity index (χ0) is 16.4. The molecule has 5 aliphatic rings. The van der Waals surface area contributed by atoms with Gasteiger partial charge in [0, 0.05) is 19.3 Å². The summed E-state index contributed by atoms with van der Waals surface area (Å²) in [6, 6.07) is 0. The molecule has 0 unspecified atom stereocenters. The standard InChI is InChI=1S/C17H26O5S/c1-9-5-6-13-10(2)14(23-11(3)18)19-15-17(13)12(9)7-8-16(4,20-15)21-22-17/h9-10,12-15H,5-8H2,1-4H3/t9-,10-,12+,13+,14-,15-,16-,17-/m1/s1. The molecule has 4 heterocycles. The summed E-state index contributed by atoms with van der Waals surface area (Å²) in [5.41, 5.74) is -0.699.